The molecule has 3 heterocycles. The zero-order valence-corrected chi connectivity index (χ0v) is 35.9. The molecule has 0 atom stereocenters. The number of aromatic nitrogens is 4. The molecule has 0 aliphatic rings. The molecule has 308 valence electrons. The minimum absolute atomic E-state index is 0.871. The maximum absolute atomic E-state index is 5.16. The van der Waals surface area contributed by atoms with E-state index in [0.717, 1.165) is 50.4 Å². The Balaban J connectivity index is 0.915. The monoisotopic (exact) mass is 840 g/mol. The molecule has 0 radical (unpaired) electrons. The van der Waals surface area contributed by atoms with Crippen molar-refractivity contribution in [3.05, 3.63) is 243 Å². The van der Waals surface area contributed by atoms with Gasteiger partial charge in [-0.05, 0) is 112 Å². The van der Waals surface area contributed by atoms with Gasteiger partial charge >= 0.3 is 0 Å². The first-order valence-corrected chi connectivity index (χ1v) is 22.5. The summed E-state index contributed by atoms with van der Waals surface area (Å²) in [5.41, 5.74) is 19.7. The number of nitrogens with zero attached hydrogens (tertiary/aromatic N) is 4. The molecule has 0 saturated carbocycles. The van der Waals surface area contributed by atoms with Gasteiger partial charge in [-0.25, -0.2) is 9.97 Å². The highest BCUT2D eigenvalue weighted by atomic mass is 15.0. The minimum atomic E-state index is 0.871. The lowest BCUT2D eigenvalue weighted by atomic mass is 9.98. The zero-order chi connectivity index (χ0) is 43.6. The Hall–Kier alpha value is -8.86. The van der Waals surface area contributed by atoms with Crippen LogP contribution in [-0.4, -0.2) is 19.1 Å². The molecular formula is C62H40N4. The Bertz CT molecular complexity index is 3940. The summed E-state index contributed by atoms with van der Waals surface area (Å²) >= 11 is 0. The maximum atomic E-state index is 5.16. The first kappa shape index (κ1) is 37.7. The van der Waals surface area contributed by atoms with Gasteiger partial charge in [-0.2, -0.15) is 0 Å². The average Bonchev–Trinajstić information content (AvgIpc) is 3.91. The maximum Gasteiger partial charge on any atom is 0.0973 e. The van der Waals surface area contributed by atoms with E-state index in [0.29, 0.717) is 0 Å². The molecule has 0 N–H and O–H groups in total. The van der Waals surface area contributed by atoms with Crippen LogP contribution in [0.5, 0.6) is 0 Å². The molecular weight excluding hydrogens is 801 g/mol. The number of rotatable bonds is 7. The molecule has 10 aromatic carbocycles. The molecule has 0 fully saturated rings. The largest absolute Gasteiger partial charge is 0.309 e. The van der Waals surface area contributed by atoms with E-state index in [-0.39, 0.29) is 0 Å². The van der Waals surface area contributed by atoms with Crippen LogP contribution in [-0.2, 0) is 0 Å². The predicted molar refractivity (Wildman–Crippen MR) is 275 cm³/mol. The lowest BCUT2D eigenvalue weighted by molar-refractivity contribution is 1.18. The van der Waals surface area contributed by atoms with E-state index in [4.69, 9.17) is 9.97 Å². The first-order chi connectivity index (χ1) is 32.7. The van der Waals surface area contributed by atoms with Crippen molar-refractivity contribution in [1.29, 1.82) is 0 Å². The van der Waals surface area contributed by atoms with Crippen LogP contribution in [0, 0.1) is 0 Å². The summed E-state index contributed by atoms with van der Waals surface area (Å²) in [7, 11) is 0. The molecule has 0 aliphatic heterocycles. The second kappa shape index (κ2) is 15.4. The zero-order valence-electron chi connectivity index (χ0n) is 35.9. The van der Waals surface area contributed by atoms with Crippen molar-refractivity contribution in [1.82, 2.24) is 19.1 Å². The summed E-state index contributed by atoms with van der Waals surface area (Å²) in [6.07, 6.45) is 0. The molecule has 66 heavy (non-hydrogen) atoms. The van der Waals surface area contributed by atoms with Crippen molar-refractivity contribution in [2.75, 3.05) is 0 Å². The standard InChI is InChI=1S/C62H40N4/c1-4-14-41(15-5-1)42-24-26-43(27-25-42)46-30-35-59-53(38-46)54-40-48(32-37-60(54)65(59)49-18-8-3-9-19-49)47-31-36-58-52(39-47)51-20-10-13-23-57(51)66(58)50-33-28-45(29-34-50)62-61(44-16-6-2-7-17-44)63-55-21-11-12-22-56(55)64-62/h1-40H. The Morgan fingerprint density at radius 1 is 0.227 bits per heavy atom. The average molecular weight is 841 g/mol. The van der Waals surface area contributed by atoms with Crippen LogP contribution in [0.4, 0.5) is 0 Å². The van der Waals surface area contributed by atoms with Gasteiger partial charge in [0, 0.05) is 44.0 Å². The third-order valence-electron chi connectivity index (χ3n) is 13.1. The topological polar surface area (TPSA) is 35.6 Å². The minimum Gasteiger partial charge on any atom is -0.309 e. The Kier molecular flexibility index (Phi) is 8.81. The molecule has 13 aromatic rings. The van der Waals surface area contributed by atoms with E-state index in [2.05, 4.69) is 221 Å². The van der Waals surface area contributed by atoms with Crippen LogP contribution in [0.3, 0.4) is 0 Å². The number of hydrogen-bond acceptors (Lipinski definition) is 2. The fraction of sp³-hybridized carbons (Fsp3) is 0. The summed E-state index contributed by atoms with van der Waals surface area (Å²) in [4.78, 5) is 10.3. The van der Waals surface area contributed by atoms with Crippen LogP contribution < -0.4 is 0 Å². The van der Waals surface area contributed by atoms with Crippen LogP contribution in [0.15, 0.2) is 243 Å². The van der Waals surface area contributed by atoms with Gasteiger partial charge in [-0.15, -0.1) is 0 Å². The lowest BCUT2D eigenvalue weighted by Gasteiger charge is -2.12. The smallest absolute Gasteiger partial charge is 0.0973 e. The molecule has 4 nitrogen and oxygen atoms in total. The van der Waals surface area contributed by atoms with Crippen LogP contribution in [0.1, 0.15) is 0 Å². The quantitative estimate of drug-likeness (QED) is 0.160. The summed E-state index contributed by atoms with van der Waals surface area (Å²) in [6, 6.07) is 87.0. The second-order valence-corrected chi connectivity index (χ2v) is 17.0. The van der Waals surface area contributed by atoms with Crippen LogP contribution in [0.25, 0.3) is 122 Å². The van der Waals surface area contributed by atoms with E-state index in [1.165, 1.54) is 71.5 Å². The number of hydrogen-bond donors (Lipinski definition) is 0. The second-order valence-electron chi connectivity index (χ2n) is 17.0. The van der Waals surface area contributed by atoms with Gasteiger partial charge in [0.15, 0.2) is 0 Å². The van der Waals surface area contributed by atoms with Gasteiger partial charge in [0.2, 0.25) is 0 Å². The lowest BCUT2D eigenvalue weighted by Crippen LogP contribution is -1.97. The highest BCUT2D eigenvalue weighted by molar-refractivity contribution is 6.13. The summed E-state index contributed by atoms with van der Waals surface area (Å²) < 4.78 is 4.78. The number of fused-ring (bicyclic) bond motifs is 7. The third-order valence-corrected chi connectivity index (χ3v) is 13.1. The van der Waals surface area contributed by atoms with E-state index in [9.17, 15) is 0 Å². The Morgan fingerprint density at radius 3 is 1.11 bits per heavy atom. The van der Waals surface area contributed by atoms with Crippen molar-refractivity contribution < 1.29 is 0 Å². The summed E-state index contributed by atoms with van der Waals surface area (Å²) in [5.74, 6) is 0. The highest BCUT2D eigenvalue weighted by Gasteiger charge is 2.18. The van der Waals surface area contributed by atoms with Gasteiger partial charge in [0.05, 0.1) is 44.5 Å². The van der Waals surface area contributed by atoms with Gasteiger partial charge in [-0.3, -0.25) is 0 Å². The fourth-order valence-electron chi connectivity index (χ4n) is 9.92. The van der Waals surface area contributed by atoms with Crippen molar-refractivity contribution in [3.63, 3.8) is 0 Å². The molecule has 3 aromatic heterocycles. The molecule has 0 bridgehead atoms. The third kappa shape index (κ3) is 6.30. The van der Waals surface area contributed by atoms with Crippen molar-refractivity contribution >= 4 is 54.6 Å². The van der Waals surface area contributed by atoms with Crippen molar-refractivity contribution in [3.8, 4) is 67.3 Å². The highest BCUT2D eigenvalue weighted by Crippen LogP contribution is 2.40. The van der Waals surface area contributed by atoms with Gasteiger partial charge < -0.3 is 9.13 Å². The molecule has 13 rings (SSSR count). The molecule has 0 amide bonds. The fourth-order valence-corrected chi connectivity index (χ4v) is 9.92. The van der Waals surface area contributed by atoms with Gasteiger partial charge in [0.1, 0.15) is 0 Å². The summed E-state index contributed by atoms with van der Waals surface area (Å²) in [5, 5.41) is 4.89. The Morgan fingerprint density at radius 2 is 0.561 bits per heavy atom. The van der Waals surface area contributed by atoms with Crippen molar-refractivity contribution in [2.24, 2.45) is 0 Å². The van der Waals surface area contributed by atoms with Crippen LogP contribution >= 0.6 is 0 Å². The van der Waals surface area contributed by atoms with E-state index >= 15 is 0 Å². The molecule has 0 unspecified atom stereocenters. The Labute approximate surface area is 382 Å². The van der Waals surface area contributed by atoms with Crippen molar-refractivity contribution in [2.45, 2.75) is 0 Å². The van der Waals surface area contributed by atoms with Crippen LogP contribution in [0.2, 0.25) is 0 Å². The first-order valence-electron chi connectivity index (χ1n) is 22.5. The summed E-state index contributed by atoms with van der Waals surface area (Å²) in [6.45, 7) is 0. The van der Waals surface area contributed by atoms with Gasteiger partial charge in [0.25, 0.3) is 0 Å². The number of benzene rings is 10. The predicted octanol–water partition coefficient (Wildman–Crippen LogP) is 16.2. The van der Waals surface area contributed by atoms with E-state index in [1.54, 1.807) is 0 Å². The number of para-hydroxylation sites is 4. The SMILES string of the molecule is c1ccc(-c2ccc(-c3ccc4c(c3)c3cc(-c5ccc6c(c5)c5ccccc5n6-c5ccc(-c6nc7ccccc7nc6-c6ccccc6)cc5)ccc3n4-c3ccccc3)cc2)cc1. The molecule has 0 aliphatic carbocycles. The molecule has 0 spiro atoms. The van der Waals surface area contributed by atoms with E-state index < -0.39 is 0 Å². The van der Waals surface area contributed by atoms with Gasteiger partial charge in [-0.1, -0.05) is 164 Å². The molecule has 4 heteroatoms. The van der Waals surface area contributed by atoms with E-state index in [1.807, 2.05) is 30.3 Å². The normalized spacial score (nSPS) is 11.6. The molecule has 0 saturated heterocycles.